The van der Waals surface area contributed by atoms with Crippen molar-refractivity contribution in [3.05, 3.63) is 65.2 Å². The Kier molecular flexibility index (Phi) is 4.69. The van der Waals surface area contributed by atoms with Crippen LogP contribution in [0.15, 0.2) is 42.5 Å². The van der Waals surface area contributed by atoms with E-state index in [-0.39, 0.29) is 12.2 Å². The lowest BCUT2D eigenvalue weighted by atomic mass is 10.1. The van der Waals surface area contributed by atoms with Gasteiger partial charge in [-0.2, -0.15) is 0 Å². The Balaban J connectivity index is 2.04. The molecule has 1 unspecified atom stereocenters. The molecule has 0 aliphatic carbocycles. The molecule has 0 saturated carbocycles. The molecule has 0 saturated heterocycles. The summed E-state index contributed by atoms with van der Waals surface area (Å²) in [5, 5.41) is 0. The molecule has 2 nitrogen and oxygen atoms in total. The van der Waals surface area contributed by atoms with E-state index < -0.39 is 17.7 Å². The van der Waals surface area contributed by atoms with Crippen molar-refractivity contribution in [2.45, 2.75) is 19.4 Å². The standard InChI is InChI=1S/C16H17F2NO/c1-2-11-5-3-6-12(9-11)20-10-15(19)13-7-4-8-14(17)16(13)18/h3-9,15H,2,10,19H2,1H3. The molecule has 0 radical (unpaired) electrons. The Labute approximate surface area is 117 Å². The van der Waals surface area contributed by atoms with Crippen molar-refractivity contribution in [1.29, 1.82) is 0 Å². The van der Waals surface area contributed by atoms with Crippen molar-refractivity contribution in [3.63, 3.8) is 0 Å². The number of nitrogens with two attached hydrogens (primary N) is 1. The van der Waals surface area contributed by atoms with Crippen molar-refractivity contribution in [2.75, 3.05) is 6.61 Å². The first-order valence-electron chi connectivity index (χ1n) is 6.53. The molecule has 20 heavy (non-hydrogen) atoms. The van der Waals surface area contributed by atoms with Crippen LogP contribution in [0.5, 0.6) is 5.75 Å². The third kappa shape index (κ3) is 3.33. The van der Waals surface area contributed by atoms with Crippen LogP contribution >= 0.6 is 0 Å². The van der Waals surface area contributed by atoms with Crippen LogP contribution < -0.4 is 10.5 Å². The lowest BCUT2D eigenvalue weighted by molar-refractivity contribution is 0.286. The van der Waals surface area contributed by atoms with Gasteiger partial charge in [-0.1, -0.05) is 31.2 Å². The number of halogens is 2. The molecule has 0 aliphatic rings. The van der Waals surface area contributed by atoms with E-state index in [4.69, 9.17) is 10.5 Å². The largest absolute Gasteiger partial charge is 0.492 e. The van der Waals surface area contributed by atoms with E-state index in [1.54, 1.807) is 0 Å². The summed E-state index contributed by atoms with van der Waals surface area (Å²) in [4.78, 5) is 0. The topological polar surface area (TPSA) is 35.2 Å². The fraction of sp³-hybridized carbons (Fsp3) is 0.250. The zero-order valence-corrected chi connectivity index (χ0v) is 11.3. The molecule has 0 aromatic heterocycles. The molecule has 0 bridgehead atoms. The molecule has 2 rings (SSSR count). The fourth-order valence-electron chi connectivity index (χ4n) is 1.94. The van der Waals surface area contributed by atoms with Gasteiger partial charge in [-0.15, -0.1) is 0 Å². The van der Waals surface area contributed by atoms with Crippen molar-refractivity contribution >= 4 is 0 Å². The summed E-state index contributed by atoms with van der Waals surface area (Å²) in [5.41, 5.74) is 7.12. The predicted octanol–water partition coefficient (Wildman–Crippen LogP) is 3.61. The monoisotopic (exact) mass is 277 g/mol. The van der Waals surface area contributed by atoms with Crippen molar-refractivity contribution in [3.8, 4) is 5.75 Å². The van der Waals surface area contributed by atoms with Gasteiger partial charge in [0.25, 0.3) is 0 Å². The molecule has 0 aliphatic heterocycles. The van der Waals surface area contributed by atoms with Gasteiger partial charge < -0.3 is 10.5 Å². The lowest BCUT2D eigenvalue weighted by Crippen LogP contribution is -2.20. The molecule has 106 valence electrons. The molecule has 2 N–H and O–H groups in total. The van der Waals surface area contributed by atoms with Gasteiger partial charge in [-0.05, 0) is 30.2 Å². The quantitative estimate of drug-likeness (QED) is 0.906. The summed E-state index contributed by atoms with van der Waals surface area (Å²) < 4.78 is 32.3. The minimum atomic E-state index is -0.911. The molecule has 0 heterocycles. The second-order valence-electron chi connectivity index (χ2n) is 4.56. The highest BCUT2D eigenvalue weighted by Crippen LogP contribution is 2.20. The molecule has 0 amide bonds. The minimum Gasteiger partial charge on any atom is -0.492 e. The SMILES string of the molecule is CCc1cccc(OCC(N)c2cccc(F)c2F)c1. The molecule has 2 aromatic rings. The molecular formula is C16H17F2NO. The molecular weight excluding hydrogens is 260 g/mol. The molecule has 4 heteroatoms. The smallest absolute Gasteiger partial charge is 0.163 e. The third-order valence-corrected chi connectivity index (χ3v) is 3.12. The Morgan fingerprint density at radius 1 is 1.15 bits per heavy atom. The first-order valence-corrected chi connectivity index (χ1v) is 6.53. The average molecular weight is 277 g/mol. The summed E-state index contributed by atoms with van der Waals surface area (Å²) >= 11 is 0. The van der Waals surface area contributed by atoms with Crippen LogP contribution in [0, 0.1) is 11.6 Å². The van der Waals surface area contributed by atoms with Gasteiger partial charge in [0.05, 0.1) is 6.04 Å². The van der Waals surface area contributed by atoms with Crippen LogP contribution in [0.1, 0.15) is 24.1 Å². The normalized spacial score (nSPS) is 12.2. The maximum absolute atomic E-state index is 13.6. The van der Waals surface area contributed by atoms with Gasteiger partial charge in [0.1, 0.15) is 12.4 Å². The maximum Gasteiger partial charge on any atom is 0.163 e. The highest BCUT2D eigenvalue weighted by atomic mass is 19.2. The number of benzene rings is 2. The second-order valence-corrected chi connectivity index (χ2v) is 4.56. The highest BCUT2D eigenvalue weighted by Gasteiger charge is 2.15. The number of hydrogen-bond acceptors (Lipinski definition) is 2. The average Bonchev–Trinajstić information content (AvgIpc) is 2.48. The van der Waals surface area contributed by atoms with Gasteiger partial charge in [0, 0.05) is 5.56 Å². The van der Waals surface area contributed by atoms with Crippen LogP contribution in [-0.4, -0.2) is 6.61 Å². The molecule has 2 aromatic carbocycles. The predicted molar refractivity (Wildman–Crippen MR) is 74.6 cm³/mol. The zero-order chi connectivity index (χ0) is 14.5. The summed E-state index contributed by atoms with van der Waals surface area (Å²) in [6.07, 6.45) is 0.905. The molecule has 0 fully saturated rings. The minimum absolute atomic E-state index is 0.0908. The van der Waals surface area contributed by atoms with Crippen LogP contribution in [0.25, 0.3) is 0 Å². The number of hydrogen-bond donors (Lipinski definition) is 1. The highest BCUT2D eigenvalue weighted by molar-refractivity contribution is 5.29. The summed E-state index contributed by atoms with van der Waals surface area (Å²) in [6, 6.07) is 10.9. The van der Waals surface area contributed by atoms with Gasteiger partial charge in [-0.25, -0.2) is 8.78 Å². The Morgan fingerprint density at radius 2 is 1.90 bits per heavy atom. The van der Waals surface area contributed by atoms with Gasteiger partial charge >= 0.3 is 0 Å². The van der Waals surface area contributed by atoms with Crippen LogP contribution in [0.4, 0.5) is 8.78 Å². The number of rotatable bonds is 5. The third-order valence-electron chi connectivity index (χ3n) is 3.12. The zero-order valence-electron chi connectivity index (χ0n) is 11.3. The molecule has 1 atom stereocenters. The number of ether oxygens (including phenoxy) is 1. The molecule has 0 spiro atoms. The first kappa shape index (κ1) is 14.5. The first-order chi connectivity index (χ1) is 9.61. The fourth-order valence-corrected chi connectivity index (χ4v) is 1.94. The Morgan fingerprint density at radius 3 is 2.65 bits per heavy atom. The van der Waals surface area contributed by atoms with Crippen LogP contribution in [-0.2, 0) is 6.42 Å². The van der Waals surface area contributed by atoms with E-state index in [0.717, 1.165) is 18.1 Å². The Bertz CT molecular complexity index is 586. The second kappa shape index (κ2) is 6.48. The summed E-state index contributed by atoms with van der Waals surface area (Å²) in [6.45, 7) is 2.14. The van der Waals surface area contributed by atoms with Crippen molar-refractivity contribution < 1.29 is 13.5 Å². The van der Waals surface area contributed by atoms with E-state index in [2.05, 4.69) is 0 Å². The Hall–Kier alpha value is -1.94. The van der Waals surface area contributed by atoms with E-state index >= 15 is 0 Å². The van der Waals surface area contributed by atoms with Crippen LogP contribution in [0.2, 0.25) is 0 Å². The number of aryl methyl sites for hydroxylation is 1. The maximum atomic E-state index is 13.6. The van der Waals surface area contributed by atoms with Crippen molar-refractivity contribution in [1.82, 2.24) is 0 Å². The lowest BCUT2D eigenvalue weighted by Gasteiger charge is -2.15. The van der Waals surface area contributed by atoms with E-state index in [1.807, 2.05) is 31.2 Å². The van der Waals surface area contributed by atoms with E-state index in [9.17, 15) is 8.78 Å². The van der Waals surface area contributed by atoms with Gasteiger partial charge in [-0.3, -0.25) is 0 Å². The summed E-state index contributed by atoms with van der Waals surface area (Å²) in [5.74, 6) is -1.13. The van der Waals surface area contributed by atoms with Gasteiger partial charge in [0.2, 0.25) is 0 Å². The van der Waals surface area contributed by atoms with Crippen LogP contribution in [0.3, 0.4) is 0 Å². The van der Waals surface area contributed by atoms with Crippen molar-refractivity contribution in [2.24, 2.45) is 5.73 Å². The van der Waals surface area contributed by atoms with Gasteiger partial charge in [0.15, 0.2) is 11.6 Å². The van der Waals surface area contributed by atoms with E-state index in [1.165, 1.54) is 12.1 Å². The van der Waals surface area contributed by atoms with E-state index in [0.29, 0.717) is 5.75 Å². The summed E-state index contributed by atoms with van der Waals surface area (Å²) in [7, 11) is 0.